The lowest BCUT2D eigenvalue weighted by molar-refractivity contribution is -0.385. The summed E-state index contributed by atoms with van der Waals surface area (Å²) in [5.41, 5.74) is 0.528. The summed E-state index contributed by atoms with van der Waals surface area (Å²) in [5.74, 6) is 1.27. The molecule has 0 bridgehead atoms. The summed E-state index contributed by atoms with van der Waals surface area (Å²) < 4.78 is 10.7. The van der Waals surface area contributed by atoms with E-state index in [0.29, 0.717) is 17.1 Å². The van der Waals surface area contributed by atoms with Crippen LogP contribution in [0.2, 0.25) is 0 Å². The minimum atomic E-state index is -0.499. The summed E-state index contributed by atoms with van der Waals surface area (Å²) in [7, 11) is 1.51. The summed E-state index contributed by atoms with van der Waals surface area (Å²) in [6.45, 7) is 0. The molecule has 2 aromatic rings. The lowest BCUT2D eigenvalue weighted by Crippen LogP contribution is -1.96. The lowest BCUT2D eigenvalue weighted by atomic mass is 10.2. The maximum atomic E-state index is 11.1. The molecule has 0 aliphatic heterocycles. The van der Waals surface area contributed by atoms with E-state index in [0.717, 1.165) is 0 Å². The van der Waals surface area contributed by atoms with Crippen molar-refractivity contribution in [2.45, 2.75) is 5.88 Å². The molecule has 0 aliphatic rings. The molecule has 20 heavy (non-hydrogen) atoms. The van der Waals surface area contributed by atoms with Crippen LogP contribution in [0.4, 0.5) is 5.69 Å². The third-order valence-corrected chi connectivity index (χ3v) is 2.97. The van der Waals surface area contributed by atoms with Crippen LogP contribution in [-0.4, -0.2) is 12.0 Å². The highest BCUT2D eigenvalue weighted by Crippen LogP contribution is 2.36. The quantitative estimate of drug-likeness (QED) is 0.472. The van der Waals surface area contributed by atoms with Gasteiger partial charge in [0.15, 0.2) is 11.5 Å². The molecule has 0 N–H and O–H groups in total. The molecule has 104 valence electrons. The van der Waals surface area contributed by atoms with Crippen LogP contribution >= 0.6 is 11.6 Å². The van der Waals surface area contributed by atoms with Crippen LogP contribution < -0.4 is 9.47 Å². The number of methoxy groups -OCH3 is 1. The maximum absolute atomic E-state index is 11.1. The zero-order chi connectivity index (χ0) is 14.5. The number of alkyl halides is 1. The van der Waals surface area contributed by atoms with E-state index in [-0.39, 0.29) is 17.3 Å². The maximum Gasteiger partial charge on any atom is 0.311 e. The van der Waals surface area contributed by atoms with E-state index in [1.165, 1.54) is 19.2 Å². The number of ether oxygens (including phenoxy) is 2. The number of nitro groups is 1. The van der Waals surface area contributed by atoms with E-state index in [1.807, 2.05) is 0 Å². The van der Waals surface area contributed by atoms with Crippen LogP contribution in [0.5, 0.6) is 17.2 Å². The molecule has 0 amide bonds. The zero-order valence-electron chi connectivity index (χ0n) is 10.7. The number of rotatable bonds is 5. The van der Waals surface area contributed by atoms with Crippen LogP contribution in [0.3, 0.4) is 0 Å². The summed E-state index contributed by atoms with van der Waals surface area (Å²) in [6, 6.07) is 11.6. The van der Waals surface area contributed by atoms with Crippen LogP contribution in [0.25, 0.3) is 0 Å². The van der Waals surface area contributed by atoms with Gasteiger partial charge in [0.1, 0.15) is 0 Å². The van der Waals surface area contributed by atoms with E-state index >= 15 is 0 Å². The Kier molecular flexibility index (Phi) is 4.42. The average Bonchev–Trinajstić information content (AvgIpc) is 2.48. The van der Waals surface area contributed by atoms with Crippen molar-refractivity contribution in [3.05, 3.63) is 58.1 Å². The number of nitro benzene ring substituents is 1. The van der Waals surface area contributed by atoms with Gasteiger partial charge in [0.25, 0.3) is 0 Å². The fraction of sp³-hybridized carbons (Fsp3) is 0.143. The van der Waals surface area contributed by atoms with Gasteiger partial charge < -0.3 is 9.47 Å². The molecule has 6 heteroatoms. The van der Waals surface area contributed by atoms with E-state index in [4.69, 9.17) is 21.1 Å². The Balaban J connectivity index is 2.40. The molecule has 0 saturated heterocycles. The van der Waals surface area contributed by atoms with Crippen LogP contribution in [-0.2, 0) is 5.88 Å². The largest absolute Gasteiger partial charge is 0.493 e. The van der Waals surface area contributed by atoms with Crippen molar-refractivity contribution in [2.75, 3.05) is 7.11 Å². The molecule has 0 atom stereocenters. The molecule has 0 unspecified atom stereocenters. The highest BCUT2D eigenvalue weighted by molar-refractivity contribution is 6.17. The van der Waals surface area contributed by atoms with Crippen molar-refractivity contribution < 1.29 is 14.4 Å². The van der Waals surface area contributed by atoms with Gasteiger partial charge in [-0.1, -0.05) is 18.2 Å². The number of halogens is 1. The Bertz CT molecular complexity index is 630. The molecule has 0 aromatic heterocycles. The topological polar surface area (TPSA) is 61.6 Å². The number of hydrogen-bond donors (Lipinski definition) is 0. The first-order valence-corrected chi connectivity index (χ1v) is 6.33. The predicted molar refractivity (Wildman–Crippen MR) is 75.7 cm³/mol. The number of hydrogen-bond acceptors (Lipinski definition) is 4. The van der Waals surface area contributed by atoms with Crippen molar-refractivity contribution in [1.82, 2.24) is 0 Å². The van der Waals surface area contributed by atoms with E-state index in [9.17, 15) is 10.1 Å². The molecule has 0 aliphatic carbocycles. The van der Waals surface area contributed by atoms with E-state index in [2.05, 4.69) is 0 Å². The minimum Gasteiger partial charge on any atom is -0.493 e. The monoisotopic (exact) mass is 293 g/mol. The van der Waals surface area contributed by atoms with Gasteiger partial charge in [-0.2, -0.15) is 0 Å². The second kappa shape index (κ2) is 6.25. The standard InChI is InChI=1S/C14H12ClNO4/c1-19-13-4-2-3-5-14(13)20-12-7-6-10(9-15)8-11(12)16(17)18/h2-8H,9H2,1H3. The van der Waals surface area contributed by atoms with Crippen molar-refractivity contribution in [2.24, 2.45) is 0 Å². The van der Waals surface area contributed by atoms with Crippen molar-refractivity contribution in [3.8, 4) is 17.2 Å². The second-order valence-corrected chi connectivity index (χ2v) is 4.21. The molecule has 5 nitrogen and oxygen atoms in total. The first kappa shape index (κ1) is 14.1. The van der Waals surface area contributed by atoms with Gasteiger partial charge in [0, 0.05) is 11.9 Å². The van der Waals surface area contributed by atoms with Crippen LogP contribution in [0, 0.1) is 10.1 Å². The smallest absolute Gasteiger partial charge is 0.311 e. The fourth-order valence-corrected chi connectivity index (χ4v) is 1.86. The molecular formula is C14H12ClNO4. The minimum absolute atomic E-state index is 0.131. The molecular weight excluding hydrogens is 282 g/mol. The molecule has 0 saturated carbocycles. The van der Waals surface area contributed by atoms with Crippen molar-refractivity contribution >= 4 is 17.3 Å². The van der Waals surface area contributed by atoms with Gasteiger partial charge >= 0.3 is 5.69 Å². The summed E-state index contributed by atoms with van der Waals surface area (Å²) in [5, 5.41) is 11.1. The molecule has 0 heterocycles. The Labute approximate surface area is 120 Å². The number of nitrogens with zero attached hydrogens (tertiary/aromatic N) is 1. The van der Waals surface area contributed by atoms with Gasteiger partial charge in [-0.15, -0.1) is 11.6 Å². The van der Waals surface area contributed by atoms with Gasteiger partial charge in [-0.25, -0.2) is 0 Å². The fourth-order valence-electron chi connectivity index (χ4n) is 1.70. The Morgan fingerprint density at radius 3 is 2.45 bits per heavy atom. The Morgan fingerprint density at radius 2 is 1.85 bits per heavy atom. The first-order chi connectivity index (χ1) is 9.65. The lowest BCUT2D eigenvalue weighted by Gasteiger charge is -2.10. The van der Waals surface area contributed by atoms with E-state index < -0.39 is 4.92 Å². The van der Waals surface area contributed by atoms with Gasteiger partial charge in [0.05, 0.1) is 12.0 Å². The molecule has 0 fully saturated rings. The van der Waals surface area contributed by atoms with E-state index in [1.54, 1.807) is 30.3 Å². The number of benzene rings is 2. The number of para-hydroxylation sites is 2. The highest BCUT2D eigenvalue weighted by atomic mass is 35.5. The Morgan fingerprint density at radius 1 is 1.15 bits per heavy atom. The van der Waals surface area contributed by atoms with Gasteiger partial charge in [0.2, 0.25) is 5.75 Å². The second-order valence-electron chi connectivity index (χ2n) is 3.95. The SMILES string of the molecule is COc1ccccc1Oc1ccc(CCl)cc1[N+](=O)[O-]. The molecule has 0 radical (unpaired) electrons. The first-order valence-electron chi connectivity index (χ1n) is 5.80. The van der Waals surface area contributed by atoms with Crippen LogP contribution in [0.15, 0.2) is 42.5 Å². The normalized spacial score (nSPS) is 10.1. The summed E-state index contributed by atoms with van der Waals surface area (Å²) in [4.78, 5) is 10.6. The molecule has 2 aromatic carbocycles. The van der Waals surface area contributed by atoms with Crippen molar-refractivity contribution in [3.63, 3.8) is 0 Å². The molecule has 2 rings (SSSR count). The predicted octanol–water partition coefficient (Wildman–Crippen LogP) is 4.13. The average molecular weight is 294 g/mol. The highest BCUT2D eigenvalue weighted by Gasteiger charge is 2.17. The zero-order valence-corrected chi connectivity index (χ0v) is 11.5. The van der Waals surface area contributed by atoms with Gasteiger partial charge in [-0.3, -0.25) is 10.1 Å². The summed E-state index contributed by atoms with van der Waals surface area (Å²) in [6.07, 6.45) is 0. The third-order valence-electron chi connectivity index (χ3n) is 2.66. The third kappa shape index (κ3) is 3.00. The van der Waals surface area contributed by atoms with Crippen LogP contribution in [0.1, 0.15) is 5.56 Å². The Hall–Kier alpha value is -2.27. The summed E-state index contributed by atoms with van der Waals surface area (Å²) >= 11 is 5.68. The molecule has 0 spiro atoms. The van der Waals surface area contributed by atoms with Gasteiger partial charge in [-0.05, 0) is 23.8 Å². The van der Waals surface area contributed by atoms with Crippen molar-refractivity contribution in [1.29, 1.82) is 0 Å².